The third-order valence-corrected chi connectivity index (χ3v) is 1.35. The molecule has 0 aliphatic rings. The van der Waals surface area contributed by atoms with Crippen LogP contribution in [0.3, 0.4) is 0 Å². The van der Waals surface area contributed by atoms with Crippen LogP contribution in [-0.4, -0.2) is 0 Å². The van der Waals surface area contributed by atoms with Crippen molar-refractivity contribution in [3.05, 3.63) is 35.6 Å². The summed E-state index contributed by atoms with van der Waals surface area (Å²) in [5, 5.41) is 0. The summed E-state index contributed by atoms with van der Waals surface area (Å²) in [5.74, 6) is -0.206. The monoisotopic (exact) mass is 157 g/mol. The number of rotatable bonds is 2. The van der Waals surface area contributed by atoms with E-state index in [1.165, 1.54) is 12.1 Å². The fourth-order valence-corrected chi connectivity index (χ4v) is 0.876. The van der Waals surface area contributed by atoms with Crippen molar-refractivity contribution in [3.63, 3.8) is 0 Å². The topological polar surface area (TPSA) is 12.0 Å². The van der Waals surface area contributed by atoms with Crippen LogP contribution in [-0.2, 0) is 6.54 Å². The van der Waals surface area contributed by atoms with Crippen LogP contribution in [0.25, 0.3) is 0 Å². The van der Waals surface area contributed by atoms with Gasteiger partial charge in [-0.05, 0) is 17.7 Å². The van der Waals surface area contributed by atoms with Crippen LogP contribution >= 0.6 is 12.8 Å². The molecule has 0 spiro atoms. The predicted octanol–water partition coefficient (Wildman–Crippen LogP) is 1.76. The molecule has 0 bridgehead atoms. The van der Waals surface area contributed by atoms with Crippen LogP contribution in [0.15, 0.2) is 24.3 Å². The van der Waals surface area contributed by atoms with E-state index in [-0.39, 0.29) is 5.82 Å². The normalized spacial score (nSPS) is 9.80. The molecule has 0 fully saturated rings. The molecule has 0 atom stereocenters. The van der Waals surface area contributed by atoms with Gasteiger partial charge in [-0.25, -0.2) is 4.39 Å². The van der Waals surface area contributed by atoms with Crippen molar-refractivity contribution in [2.75, 3.05) is 0 Å². The molecule has 0 saturated heterocycles. The van der Waals surface area contributed by atoms with Crippen molar-refractivity contribution in [1.82, 2.24) is 4.72 Å². The molecule has 3 heteroatoms. The lowest BCUT2D eigenvalue weighted by atomic mass is 10.2. The highest BCUT2D eigenvalue weighted by Crippen LogP contribution is 2.01. The number of halogens is 1. The van der Waals surface area contributed by atoms with Gasteiger partial charge in [0.05, 0.1) is 0 Å². The first-order valence-corrected chi connectivity index (χ1v) is 3.39. The largest absolute Gasteiger partial charge is 0.262 e. The summed E-state index contributed by atoms with van der Waals surface area (Å²) in [7, 11) is 0. The maximum absolute atomic E-state index is 12.3. The van der Waals surface area contributed by atoms with E-state index in [2.05, 4.69) is 17.5 Å². The number of hydrogen-bond acceptors (Lipinski definition) is 2. The molecule has 1 aromatic carbocycles. The quantitative estimate of drug-likeness (QED) is 0.623. The number of nitrogens with one attached hydrogen (secondary N) is 1. The molecule has 0 aliphatic carbocycles. The van der Waals surface area contributed by atoms with Gasteiger partial charge in [0.2, 0.25) is 0 Å². The molecule has 0 amide bonds. The lowest BCUT2D eigenvalue weighted by molar-refractivity contribution is 0.627. The minimum atomic E-state index is -0.206. The predicted molar refractivity (Wildman–Crippen MR) is 42.2 cm³/mol. The maximum Gasteiger partial charge on any atom is 0.123 e. The van der Waals surface area contributed by atoms with E-state index < -0.39 is 0 Å². The first-order valence-electron chi connectivity index (χ1n) is 2.94. The molecule has 54 valence electrons. The second-order valence-electron chi connectivity index (χ2n) is 1.96. The molecule has 0 aliphatic heterocycles. The zero-order chi connectivity index (χ0) is 7.40. The molecular formula is C7H8FNS. The zero-order valence-corrected chi connectivity index (χ0v) is 6.24. The van der Waals surface area contributed by atoms with Crippen molar-refractivity contribution in [1.29, 1.82) is 0 Å². The maximum atomic E-state index is 12.3. The molecule has 10 heavy (non-hydrogen) atoms. The second kappa shape index (κ2) is 3.58. The number of thiol groups is 1. The lowest BCUT2D eigenvalue weighted by Gasteiger charge is -1.96. The minimum absolute atomic E-state index is 0.206. The van der Waals surface area contributed by atoms with Crippen molar-refractivity contribution in [3.8, 4) is 0 Å². The molecule has 1 rings (SSSR count). The van der Waals surface area contributed by atoms with Crippen molar-refractivity contribution in [2.24, 2.45) is 0 Å². The van der Waals surface area contributed by atoms with Crippen LogP contribution in [0.5, 0.6) is 0 Å². The summed E-state index contributed by atoms with van der Waals surface area (Å²) in [6.07, 6.45) is 0. The highest BCUT2D eigenvalue weighted by Gasteiger charge is 1.89. The second-order valence-corrected chi connectivity index (χ2v) is 2.28. The summed E-state index contributed by atoms with van der Waals surface area (Å²) in [6.45, 7) is 0.656. The van der Waals surface area contributed by atoms with E-state index in [1.807, 2.05) is 0 Å². The van der Waals surface area contributed by atoms with Gasteiger partial charge in [-0.2, -0.15) is 0 Å². The van der Waals surface area contributed by atoms with Gasteiger partial charge < -0.3 is 0 Å². The first kappa shape index (κ1) is 7.57. The Hall–Kier alpha value is -0.540. The van der Waals surface area contributed by atoms with E-state index in [1.54, 1.807) is 12.1 Å². The third kappa shape index (κ3) is 2.01. The van der Waals surface area contributed by atoms with Crippen LogP contribution in [0.4, 0.5) is 4.39 Å². The average molecular weight is 157 g/mol. The Kier molecular flexibility index (Phi) is 2.71. The van der Waals surface area contributed by atoms with E-state index in [0.29, 0.717) is 6.54 Å². The Labute approximate surface area is 64.8 Å². The number of benzene rings is 1. The zero-order valence-electron chi connectivity index (χ0n) is 5.34. The number of hydrogen-bond donors (Lipinski definition) is 2. The average Bonchev–Trinajstić information content (AvgIpc) is 1.95. The Bertz CT molecular complexity index is 197. The van der Waals surface area contributed by atoms with Gasteiger partial charge in [0.1, 0.15) is 5.82 Å². The van der Waals surface area contributed by atoms with Crippen molar-refractivity contribution in [2.45, 2.75) is 6.54 Å². The summed E-state index contributed by atoms with van der Waals surface area (Å²) < 4.78 is 15.0. The van der Waals surface area contributed by atoms with Crippen molar-refractivity contribution >= 4 is 12.8 Å². The Morgan fingerprint density at radius 2 is 1.90 bits per heavy atom. The van der Waals surface area contributed by atoms with Crippen LogP contribution in [0.2, 0.25) is 0 Å². The summed E-state index contributed by atoms with van der Waals surface area (Å²) >= 11 is 3.81. The summed E-state index contributed by atoms with van der Waals surface area (Å²) in [6, 6.07) is 6.30. The summed E-state index contributed by atoms with van der Waals surface area (Å²) in [4.78, 5) is 0. The first-order chi connectivity index (χ1) is 4.83. The molecule has 0 unspecified atom stereocenters. The van der Waals surface area contributed by atoms with Gasteiger partial charge in [0.25, 0.3) is 0 Å². The SMILES string of the molecule is Fc1ccc(CNS)cc1. The van der Waals surface area contributed by atoms with Gasteiger partial charge >= 0.3 is 0 Å². The molecular weight excluding hydrogens is 149 g/mol. The van der Waals surface area contributed by atoms with E-state index in [9.17, 15) is 4.39 Å². The molecule has 0 radical (unpaired) electrons. The fraction of sp³-hybridized carbons (Fsp3) is 0.143. The van der Waals surface area contributed by atoms with Gasteiger partial charge in [0, 0.05) is 6.54 Å². The van der Waals surface area contributed by atoms with E-state index in [0.717, 1.165) is 5.56 Å². The van der Waals surface area contributed by atoms with Crippen molar-refractivity contribution < 1.29 is 4.39 Å². The highest BCUT2D eigenvalue weighted by molar-refractivity contribution is 7.78. The minimum Gasteiger partial charge on any atom is -0.262 e. The lowest BCUT2D eigenvalue weighted by Crippen LogP contribution is -1.97. The Morgan fingerprint density at radius 3 is 2.40 bits per heavy atom. The fourth-order valence-electron chi connectivity index (χ4n) is 0.694. The summed E-state index contributed by atoms with van der Waals surface area (Å²) in [5.41, 5.74) is 1.02. The Balaban J connectivity index is 2.69. The molecule has 0 aromatic heterocycles. The van der Waals surface area contributed by atoms with E-state index >= 15 is 0 Å². The van der Waals surface area contributed by atoms with Crippen LogP contribution in [0, 0.1) is 5.82 Å². The standard InChI is InChI=1S/C7H8FNS/c8-7-3-1-6(2-4-7)5-9-10/h1-4,9-10H,5H2. The van der Waals surface area contributed by atoms with Gasteiger partial charge in [-0.1, -0.05) is 24.9 Å². The highest BCUT2D eigenvalue weighted by atomic mass is 32.1. The molecule has 1 aromatic rings. The molecule has 0 heterocycles. The Morgan fingerprint density at radius 1 is 1.30 bits per heavy atom. The molecule has 0 saturated carbocycles. The van der Waals surface area contributed by atoms with Gasteiger partial charge in [-0.3, -0.25) is 4.72 Å². The van der Waals surface area contributed by atoms with E-state index in [4.69, 9.17) is 0 Å². The van der Waals surface area contributed by atoms with Crippen LogP contribution < -0.4 is 4.72 Å². The molecule has 1 N–H and O–H groups in total. The molecule has 1 nitrogen and oxygen atoms in total. The van der Waals surface area contributed by atoms with Crippen LogP contribution in [0.1, 0.15) is 5.56 Å². The van der Waals surface area contributed by atoms with Gasteiger partial charge in [-0.15, -0.1) is 0 Å². The smallest absolute Gasteiger partial charge is 0.123 e. The third-order valence-electron chi connectivity index (χ3n) is 1.20. The van der Waals surface area contributed by atoms with Gasteiger partial charge in [0.15, 0.2) is 0 Å².